The van der Waals surface area contributed by atoms with Crippen molar-refractivity contribution in [3.63, 3.8) is 0 Å². The lowest BCUT2D eigenvalue weighted by atomic mass is 10.2. The zero-order chi connectivity index (χ0) is 15.5. The second-order valence-corrected chi connectivity index (χ2v) is 5.97. The maximum Gasteiger partial charge on any atom is 0.350 e. The summed E-state index contributed by atoms with van der Waals surface area (Å²) in [5.74, 6) is 0.191. The van der Waals surface area contributed by atoms with E-state index in [4.69, 9.17) is 20.3 Å². The summed E-state index contributed by atoms with van der Waals surface area (Å²) in [7, 11) is -4.27. The van der Waals surface area contributed by atoms with E-state index in [1.807, 2.05) is 0 Å². The molecule has 0 saturated heterocycles. The summed E-state index contributed by atoms with van der Waals surface area (Å²) in [4.78, 5) is 29.4. The molecule has 2 aromatic rings. The van der Waals surface area contributed by atoms with Gasteiger partial charge in [-0.1, -0.05) is 0 Å². The summed E-state index contributed by atoms with van der Waals surface area (Å²) in [6.07, 6.45) is 2.05. The number of fused-ring (bicyclic) bond motifs is 1. The minimum absolute atomic E-state index is 0.0843. The highest BCUT2D eigenvalue weighted by atomic mass is 31.2. The van der Waals surface area contributed by atoms with Gasteiger partial charge in [0.15, 0.2) is 11.5 Å². The maximum absolute atomic E-state index is 12.7. The Kier molecular flexibility index (Phi) is 4.84. The van der Waals surface area contributed by atoms with E-state index in [0.29, 0.717) is 11.2 Å². The molecule has 0 aliphatic carbocycles. The van der Waals surface area contributed by atoms with Gasteiger partial charge < -0.3 is 24.8 Å². The quantitative estimate of drug-likeness (QED) is 0.626. The van der Waals surface area contributed by atoms with Crippen LogP contribution in [0.3, 0.4) is 0 Å². The molecule has 0 radical (unpaired) electrons. The van der Waals surface area contributed by atoms with Crippen LogP contribution in [-0.4, -0.2) is 48.9 Å². The number of imidazole rings is 1. The molecule has 2 rings (SSSR count). The second-order valence-electron chi connectivity index (χ2n) is 4.38. The van der Waals surface area contributed by atoms with Gasteiger partial charge in [0.25, 0.3) is 0 Å². The number of nitrogens with two attached hydrogens (primary N) is 1. The Labute approximate surface area is 119 Å². The Morgan fingerprint density at radius 2 is 2.19 bits per heavy atom. The molecule has 1 unspecified atom stereocenters. The number of nitrogens with zero attached hydrogens (tertiary/aromatic N) is 4. The zero-order valence-electron chi connectivity index (χ0n) is 11.0. The van der Waals surface area contributed by atoms with Crippen LogP contribution in [0.15, 0.2) is 12.7 Å². The van der Waals surface area contributed by atoms with Crippen LogP contribution >= 0.6 is 7.60 Å². The molecular formula is C10H15FN5O4P. The number of halogens is 1. The van der Waals surface area contributed by atoms with Crippen molar-refractivity contribution < 1.29 is 23.5 Å². The molecule has 0 aromatic carbocycles. The number of rotatable bonds is 7. The van der Waals surface area contributed by atoms with E-state index < -0.39 is 26.7 Å². The number of alkyl halides is 1. The van der Waals surface area contributed by atoms with E-state index in [9.17, 15) is 8.96 Å². The van der Waals surface area contributed by atoms with Gasteiger partial charge in [-0.05, 0) is 6.42 Å². The minimum atomic E-state index is -4.27. The minimum Gasteiger partial charge on any atom is -0.382 e. The molecule has 4 N–H and O–H groups in total. The predicted molar refractivity (Wildman–Crippen MR) is 72.2 cm³/mol. The molecule has 2 aromatic heterocycles. The van der Waals surface area contributed by atoms with E-state index in [1.54, 1.807) is 4.57 Å². The van der Waals surface area contributed by atoms with Gasteiger partial charge in [-0.15, -0.1) is 0 Å². The van der Waals surface area contributed by atoms with Gasteiger partial charge >= 0.3 is 7.60 Å². The van der Waals surface area contributed by atoms with Gasteiger partial charge in [-0.3, -0.25) is 8.96 Å². The lowest BCUT2D eigenvalue weighted by Crippen LogP contribution is -2.17. The molecule has 11 heteroatoms. The van der Waals surface area contributed by atoms with Crippen LogP contribution in [-0.2, 0) is 9.30 Å². The van der Waals surface area contributed by atoms with Crippen molar-refractivity contribution in [2.24, 2.45) is 0 Å². The Balaban J connectivity index is 2.22. The Morgan fingerprint density at radius 1 is 1.43 bits per heavy atom. The van der Waals surface area contributed by atoms with Crippen LogP contribution in [0.5, 0.6) is 0 Å². The van der Waals surface area contributed by atoms with Crippen molar-refractivity contribution >= 4 is 24.6 Å². The average Bonchev–Trinajstić information content (AvgIpc) is 2.81. The highest BCUT2D eigenvalue weighted by Gasteiger charge is 2.19. The standard InChI is InChI=1S/C10H15FN5O4P/c11-2-1-7(3-20-6-21(17,18)19)16-5-15-10-8(16)9(12)13-4-14-10/h4-5,7H,1-3,6H2,(H2,12,13,14)(H2,17,18,19). The Hall–Kier alpha value is -1.61. The summed E-state index contributed by atoms with van der Waals surface area (Å²) in [6.45, 7) is -0.716. The number of nitrogen functional groups attached to an aromatic ring is 1. The molecular weight excluding hydrogens is 304 g/mol. The molecule has 0 fully saturated rings. The summed E-state index contributed by atoms with van der Waals surface area (Å²) < 4.78 is 30.0. The van der Waals surface area contributed by atoms with Gasteiger partial charge in [0.1, 0.15) is 18.2 Å². The Bertz CT molecular complexity index is 660. The van der Waals surface area contributed by atoms with Gasteiger partial charge in [-0.2, -0.15) is 0 Å². The molecule has 0 aliphatic heterocycles. The molecule has 1 atom stereocenters. The lowest BCUT2D eigenvalue weighted by molar-refractivity contribution is 0.118. The van der Waals surface area contributed by atoms with Gasteiger partial charge in [-0.25, -0.2) is 15.0 Å². The third-order valence-corrected chi connectivity index (χ3v) is 3.32. The number of aromatic nitrogens is 4. The molecule has 0 aliphatic rings. The lowest BCUT2D eigenvalue weighted by Gasteiger charge is -2.18. The summed E-state index contributed by atoms with van der Waals surface area (Å²) in [5.41, 5.74) is 6.57. The zero-order valence-corrected chi connectivity index (χ0v) is 11.9. The Morgan fingerprint density at radius 3 is 2.86 bits per heavy atom. The van der Waals surface area contributed by atoms with Crippen LogP contribution in [0.2, 0.25) is 0 Å². The van der Waals surface area contributed by atoms with Gasteiger partial charge in [0, 0.05) is 0 Å². The predicted octanol–water partition coefficient (Wildman–Crippen LogP) is 0.461. The van der Waals surface area contributed by atoms with Crippen molar-refractivity contribution in [2.45, 2.75) is 12.5 Å². The van der Waals surface area contributed by atoms with E-state index in [0.717, 1.165) is 0 Å². The number of hydrogen-bond donors (Lipinski definition) is 3. The highest BCUT2D eigenvalue weighted by molar-refractivity contribution is 7.51. The van der Waals surface area contributed by atoms with Crippen LogP contribution in [0.1, 0.15) is 12.5 Å². The fourth-order valence-corrected chi connectivity index (χ4v) is 2.26. The second kappa shape index (κ2) is 6.44. The largest absolute Gasteiger partial charge is 0.382 e. The molecule has 116 valence electrons. The van der Waals surface area contributed by atoms with Crippen molar-refractivity contribution in [1.82, 2.24) is 19.5 Å². The first-order valence-corrected chi connectivity index (χ1v) is 7.83. The topological polar surface area (TPSA) is 136 Å². The van der Waals surface area contributed by atoms with E-state index >= 15 is 0 Å². The molecule has 0 spiro atoms. The smallest absolute Gasteiger partial charge is 0.350 e. The molecule has 21 heavy (non-hydrogen) atoms. The summed E-state index contributed by atoms with van der Waals surface area (Å²) >= 11 is 0. The van der Waals surface area contributed by atoms with Crippen molar-refractivity contribution in [3.8, 4) is 0 Å². The summed E-state index contributed by atoms with van der Waals surface area (Å²) in [6, 6.07) is -0.514. The number of anilines is 1. The fourth-order valence-electron chi connectivity index (χ4n) is 1.91. The van der Waals surface area contributed by atoms with E-state index in [1.165, 1.54) is 12.7 Å². The third kappa shape index (κ3) is 3.94. The molecule has 0 bridgehead atoms. The van der Waals surface area contributed by atoms with E-state index in [2.05, 4.69) is 15.0 Å². The van der Waals surface area contributed by atoms with Crippen LogP contribution in [0.25, 0.3) is 11.2 Å². The summed E-state index contributed by atoms with van der Waals surface area (Å²) in [5, 5.41) is 0. The van der Waals surface area contributed by atoms with Gasteiger partial charge in [0.2, 0.25) is 0 Å². The number of ether oxygens (including phenoxy) is 1. The van der Waals surface area contributed by atoms with Gasteiger partial charge in [0.05, 0.1) is 25.7 Å². The molecule has 2 heterocycles. The maximum atomic E-state index is 12.7. The van der Waals surface area contributed by atoms with Crippen LogP contribution < -0.4 is 5.73 Å². The first-order valence-electron chi connectivity index (χ1n) is 6.03. The monoisotopic (exact) mass is 319 g/mol. The SMILES string of the molecule is Nc1ncnc2ncn(C(CCF)COCP(=O)(O)O)c12. The van der Waals surface area contributed by atoms with Crippen molar-refractivity contribution in [1.29, 1.82) is 0 Å². The highest BCUT2D eigenvalue weighted by Crippen LogP contribution is 2.34. The molecule has 0 saturated carbocycles. The van der Waals surface area contributed by atoms with E-state index in [-0.39, 0.29) is 18.8 Å². The molecule has 9 nitrogen and oxygen atoms in total. The average molecular weight is 319 g/mol. The van der Waals surface area contributed by atoms with Crippen molar-refractivity contribution in [2.75, 3.05) is 25.4 Å². The van der Waals surface area contributed by atoms with Crippen LogP contribution in [0.4, 0.5) is 10.2 Å². The van der Waals surface area contributed by atoms with Crippen LogP contribution in [0, 0.1) is 0 Å². The molecule has 0 amide bonds. The fraction of sp³-hybridized carbons (Fsp3) is 0.500. The third-order valence-electron chi connectivity index (χ3n) is 2.80. The number of hydrogen-bond acceptors (Lipinski definition) is 6. The first-order chi connectivity index (χ1) is 9.92. The first kappa shape index (κ1) is 15.8. The van der Waals surface area contributed by atoms with Crippen molar-refractivity contribution in [3.05, 3.63) is 12.7 Å². The normalized spacial score (nSPS) is 13.7.